The van der Waals surface area contributed by atoms with Crippen LogP contribution in [0.15, 0.2) is 18.5 Å². The Morgan fingerprint density at radius 1 is 1.44 bits per heavy atom. The quantitative estimate of drug-likeness (QED) is 0.886. The molecule has 0 bridgehead atoms. The number of hydrogen-bond donors (Lipinski definition) is 2. The fourth-order valence-electron chi connectivity index (χ4n) is 1.60. The highest BCUT2D eigenvalue weighted by Gasteiger charge is 2.14. The molecule has 0 radical (unpaired) electrons. The van der Waals surface area contributed by atoms with Crippen molar-refractivity contribution in [2.45, 2.75) is 20.4 Å². The maximum Gasteiger partial charge on any atom is 0.339 e. The summed E-state index contributed by atoms with van der Waals surface area (Å²) in [6.07, 6.45) is 3.39. The molecule has 2 N–H and O–H groups in total. The van der Waals surface area contributed by atoms with E-state index < -0.39 is 5.97 Å². The number of anilines is 1. The molecule has 94 valence electrons. The number of thiazole rings is 1. The molecule has 0 aliphatic carbocycles. The zero-order chi connectivity index (χ0) is 13.1. The van der Waals surface area contributed by atoms with E-state index in [1.165, 1.54) is 0 Å². The van der Waals surface area contributed by atoms with Gasteiger partial charge in [0.2, 0.25) is 0 Å². The summed E-state index contributed by atoms with van der Waals surface area (Å²) >= 11 is 1.58. The lowest BCUT2D eigenvalue weighted by Gasteiger charge is -2.08. The molecule has 0 saturated heterocycles. The SMILES string of the molecule is Cc1cnc(CNc2nccc(C)c2C(=O)O)s1. The lowest BCUT2D eigenvalue weighted by atomic mass is 10.1. The van der Waals surface area contributed by atoms with Gasteiger partial charge < -0.3 is 10.4 Å². The monoisotopic (exact) mass is 263 g/mol. The number of carboxylic acids is 1. The van der Waals surface area contributed by atoms with Crippen LogP contribution in [0.3, 0.4) is 0 Å². The number of carboxylic acid groups (broad SMARTS) is 1. The van der Waals surface area contributed by atoms with Gasteiger partial charge in [-0.25, -0.2) is 14.8 Å². The summed E-state index contributed by atoms with van der Waals surface area (Å²) in [6.45, 7) is 4.22. The predicted molar refractivity (Wildman–Crippen MR) is 70.1 cm³/mol. The zero-order valence-corrected chi connectivity index (χ0v) is 10.9. The van der Waals surface area contributed by atoms with E-state index >= 15 is 0 Å². The molecule has 0 aliphatic heterocycles. The van der Waals surface area contributed by atoms with Gasteiger partial charge in [-0.3, -0.25) is 0 Å². The molecule has 0 spiro atoms. The van der Waals surface area contributed by atoms with Crippen LogP contribution in [0.25, 0.3) is 0 Å². The Morgan fingerprint density at radius 3 is 2.83 bits per heavy atom. The van der Waals surface area contributed by atoms with Crippen LogP contribution in [0.5, 0.6) is 0 Å². The van der Waals surface area contributed by atoms with Crippen LogP contribution in [0.2, 0.25) is 0 Å². The molecule has 6 heteroatoms. The third-order valence-electron chi connectivity index (χ3n) is 2.45. The lowest BCUT2D eigenvalue weighted by Crippen LogP contribution is -2.09. The minimum atomic E-state index is -0.974. The Balaban J connectivity index is 2.19. The third kappa shape index (κ3) is 2.65. The summed E-state index contributed by atoms with van der Waals surface area (Å²) in [4.78, 5) is 20.6. The van der Waals surface area contributed by atoms with Crippen molar-refractivity contribution in [3.05, 3.63) is 39.5 Å². The normalized spacial score (nSPS) is 10.3. The number of pyridine rings is 1. The number of carbonyl (C=O) groups is 1. The average Bonchev–Trinajstić information content (AvgIpc) is 2.72. The first-order chi connectivity index (χ1) is 8.58. The van der Waals surface area contributed by atoms with Crippen LogP contribution in [-0.2, 0) is 6.54 Å². The maximum absolute atomic E-state index is 11.2. The molecule has 0 amide bonds. The summed E-state index contributed by atoms with van der Waals surface area (Å²) in [5.41, 5.74) is 0.904. The van der Waals surface area contributed by atoms with Crippen molar-refractivity contribution in [2.75, 3.05) is 5.32 Å². The summed E-state index contributed by atoms with van der Waals surface area (Å²) in [5, 5.41) is 13.1. The van der Waals surface area contributed by atoms with Crippen molar-refractivity contribution in [1.82, 2.24) is 9.97 Å². The summed E-state index contributed by atoms with van der Waals surface area (Å²) in [6, 6.07) is 1.68. The number of rotatable bonds is 4. The number of aromatic nitrogens is 2. The van der Waals surface area contributed by atoms with Gasteiger partial charge in [0.15, 0.2) is 0 Å². The van der Waals surface area contributed by atoms with Gasteiger partial charge in [0, 0.05) is 17.3 Å². The highest BCUT2D eigenvalue weighted by molar-refractivity contribution is 7.11. The van der Waals surface area contributed by atoms with E-state index in [0.717, 1.165) is 9.88 Å². The standard InChI is InChI=1S/C12H13N3O2S/c1-7-3-4-13-11(10(7)12(16)17)15-6-9-14-5-8(2)18-9/h3-5H,6H2,1-2H3,(H,13,15)(H,16,17). The molecule has 2 aromatic rings. The van der Waals surface area contributed by atoms with Gasteiger partial charge in [-0.2, -0.15) is 0 Å². The highest BCUT2D eigenvalue weighted by atomic mass is 32.1. The van der Waals surface area contributed by atoms with Crippen molar-refractivity contribution in [3.8, 4) is 0 Å². The Morgan fingerprint density at radius 2 is 2.22 bits per heavy atom. The average molecular weight is 263 g/mol. The number of nitrogens with zero attached hydrogens (tertiary/aromatic N) is 2. The summed E-state index contributed by atoms with van der Waals surface area (Å²) < 4.78 is 0. The van der Waals surface area contributed by atoms with Gasteiger partial charge in [-0.15, -0.1) is 11.3 Å². The Hall–Kier alpha value is -1.95. The van der Waals surface area contributed by atoms with Crippen LogP contribution in [0.1, 0.15) is 25.8 Å². The van der Waals surface area contributed by atoms with Crippen molar-refractivity contribution >= 4 is 23.1 Å². The van der Waals surface area contributed by atoms with E-state index in [-0.39, 0.29) is 5.56 Å². The second-order valence-corrected chi connectivity index (χ2v) is 5.19. The second kappa shape index (κ2) is 5.14. The minimum absolute atomic E-state index is 0.214. The van der Waals surface area contributed by atoms with Gasteiger partial charge in [0.05, 0.1) is 6.54 Å². The van der Waals surface area contributed by atoms with E-state index in [9.17, 15) is 4.79 Å². The first-order valence-corrected chi connectivity index (χ1v) is 6.23. The smallest absolute Gasteiger partial charge is 0.339 e. The second-order valence-electron chi connectivity index (χ2n) is 3.87. The topological polar surface area (TPSA) is 75.1 Å². The molecule has 5 nitrogen and oxygen atoms in total. The van der Waals surface area contributed by atoms with Crippen molar-refractivity contribution in [2.24, 2.45) is 0 Å². The van der Waals surface area contributed by atoms with E-state index in [1.54, 1.807) is 36.7 Å². The Kier molecular flexibility index (Phi) is 3.57. The van der Waals surface area contributed by atoms with Gasteiger partial charge in [-0.1, -0.05) is 0 Å². The molecule has 0 fully saturated rings. The van der Waals surface area contributed by atoms with E-state index in [0.29, 0.717) is 17.9 Å². The minimum Gasteiger partial charge on any atom is -0.478 e. The van der Waals surface area contributed by atoms with Gasteiger partial charge in [0.1, 0.15) is 16.4 Å². The van der Waals surface area contributed by atoms with Crippen molar-refractivity contribution < 1.29 is 9.90 Å². The maximum atomic E-state index is 11.2. The van der Waals surface area contributed by atoms with Crippen molar-refractivity contribution in [1.29, 1.82) is 0 Å². The lowest BCUT2D eigenvalue weighted by molar-refractivity contribution is 0.0697. The van der Waals surface area contributed by atoms with Gasteiger partial charge in [-0.05, 0) is 25.5 Å². The number of hydrogen-bond acceptors (Lipinski definition) is 5. The molecular weight excluding hydrogens is 250 g/mol. The van der Waals surface area contributed by atoms with E-state index in [2.05, 4.69) is 15.3 Å². The van der Waals surface area contributed by atoms with E-state index in [4.69, 9.17) is 5.11 Å². The van der Waals surface area contributed by atoms with Gasteiger partial charge >= 0.3 is 5.97 Å². The molecular formula is C12H13N3O2S. The molecule has 0 aliphatic rings. The predicted octanol–water partition coefficient (Wildman–Crippen LogP) is 2.47. The van der Waals surface area contributed by atoms with Gasteiger partial charge in [0.25, 0.3) is 0 Å². The first-order valence-electron chi connectivity index (χ1n) is 5.42. The summed E-state index contributed by atoms with van der Waals surface area (Å²) in [5.74, 6) is -0.589. The van der Waals surface area contributed by atoms with Crippen LogP contribution in [0, 0.1) is 13.8 Å². The number of aromatic carboxylic acids is 1. The first kappa shape index (κ1) is 12.5. The highest BCUT2D eigenvalue weighted by Crippen LogP contribution is 2.18. The largest absolute Gasteiger partial charge is 0.478 e. The number of aryl methyl sites for hydroxylation is 2. The molecule has 0 saturated carbocycles. The molecule has 2 rings (SSSR count). The molecule has 0 aromatic carbocycles. The fraction of sp³-hybridized carbons (Fsp3) is 0.250. The Bertz CT molecular complexity index is 580. The fourth-order valence-corrected chi connectivity index (χ4v) is 2.33. The number of nitrogens with one attached hydrogen (secondary N) is 1. The molecule has 0 atom stereocenters. The van der Waals surface area contributed by atoms with E-state index in [1.807, 2.05) is 6.92 Å². The van der Waals surface area contributed by atoms with Crippen LogP contribution in [0.4, 0.5) is 5.82 Å². The molecule has 2 aromatic heterocycles. The molecule has 0 unspecified atom stereocenters. The van der Waals surface area contributed by atoms with Crippen molar-refractivity contribution in [3.63, 3.8) is 0 Å². The van der Waals surface area contributed by atoms with Crippen LogP contribution < -0.4 is 5.32 Å². The zero-order valence-electron chi connectivity index (χ0n) is 10.1. The van der Waals surface area contributed by atoms with Crippen LogP contribution >= 0.6 is 11.3 Å². The molecule has 2 heterocycles. The Labute approximate surface area is 109 Å². The molecule has 18 heavy (non-hydrogen) atoms. The van der Waals surface area contributed by atoms with Crippen LogP contribution in [-0.4, -0.2) is 21.0 Å². The summed E-state index contributed by atoms with van der Waals surface area (Å²) in [7, 11) is 0. The third-order valence-corrected chi connectivity index (χ3v) is 3.36.